The van der Waals surface area contributed by atoms with Gasteiger partial charge in [-0.2, -0.15) is 5.26 Å². The molecule has 1 aliphatic rings. The van der Waals surface area contributed by atoms with Gasteiger partial charge in [0.25, 0.3) is 5.91 Å². The van der Waals surface area contributed by atoms with E-state index in [2.05, 4.69) is 15.6 Å². The third-order valence-electron chi connectivity index (χ3n) is 4.17. The van der Waals surface area contributed by atoms with Gasteiger partial charge in [0.1, 0.15) is 0 Å². The molecule has 0 heterocycles. The third-order valence-corrected chi connectivity index (χ3v) is 4.75. The van der Waals surface area contributed by atoms with Gasteiger partial charge in [0.15, 0.2) is 11.4 Å². The summed E-state index contributed by atoms with van der Waals surface area (Å²) < 4.78 is 0. The Labute approximate surface area is 147 Å². The first kappa shape index (κ1) is 18.3. The minimum Gasteiger partial charge on any atom is -0.349 e. The molecule has 2 N–H and O–H groups in total. The van der Waals surface area contributed by atoms with Gasteiger partial charge in [-0.1, -0.05) is 56.0 Å². The van der Waals surface area contributed by atoms with Gasteiger partial charge >= 0.3 is 0 Å². The molecule has 0 spiro atoms. The molecule has 2 rings (SSSR count). The molecule has 0 atom stereocenters. The predicted octanol–water partition coefficient (Wildman–Crippen LogP) is 3.95. The number of rotatable bonds is 3. The van der Waals surface area contributed by atoms with E-state index in [4.69, 9.17) is 5.26 Å². The van der Waals surface area contributed by atoms with Gasteiger partial charge in [-0.3, -0.25) is 10.1 Å². The second-order valence-corrected chi connectivity index (χ2v) is 6.69. The molecular formula is C18H24N4OS. The second-order valence-electron chi connectivity index (χ2n) is 5.89. The molecule has 128 valence electrons. The summed E-state index contributed by atoms with van der Waals surface area (Å²) >= 11 is 1.34. The summed E-state index contributed by atoms with van der Waals surface area (Å²) in [6.45, 7) is 0. The Kier molecular flexibility index (Phi) is 7.63. The molecule has 0 aromatic heterocycles. The molecule has 0 radical (unpaired) electrons. The Morgan fingerprint density at radius 3 is 2.54 bits per heavy atom. The molecule has 6 heteroatoms. The fourth-order valence-corrected chi connectivity index (χ4v) is 3.25. The van der Waals surface area contributed by atoms with Crippen LogP contribution in [0.3, 0.4) is 0 Å². The smallest absolute Gasteiger partial charge is 0.253 e. The molecule has 1 aliphatic carbocycles. The van der Waals surface area contributed by atoms with E-state index in [9.17, 15) is 4.79 Å². The highest BCUT2D eigenvalue weighted by Crippen LogP contribution is 2.22. The number of para-hydroxylation sites is 1. The van der Waals surface area contributed by atoms with Crippen LogP contribution in [0, 0.1) is 11.5 Å². The van der Waals surface area contributed by atoms with Crippen molar-refractivity contribution < 1.29 is 4.79 Å². The highest BCUT2D eigenvalue weighted by Gasteiger charge is 2.17. The molecule has 1 saturated carbocycles. The van der Waals surface area contributed by atoms with Crippen LogP contribution in [0.15, 0.2) is 29.3 Å². The molecule has 24 heavy (non-hydrogen) atoms. The Bertz CT molecular complexity index is 616. The van der Waals surface area contributed by atoms with Crippen molar-refractivity contribution in [3.05, 3.63) is 29.8 Å². The van der Waals surface area contributed by atoms with Crippen LogP contribution in [0.5, 0.6) is 0 Å². The maximum atomic E-state index is 12.7. The number of thioether (sulfide) groups is 1. The van der Waals surface area contributed by atoms with E-state index >= 15 is 0 Å². The maximum absolute atomic E-state index is 12.7. The highest BCUT2D eigenvalue weighted by atomic mass is 32.2. The van der Waals surface area contributed by atoms with Crippen LogP contribution in [0.25, 0.3) is 0 Å². The van der Waals surface area contributed by atoms with E-state index in [1.807, 2.05) is 24.6 Å². The van der Waals surface area contributed by atoms with Crippen molar-refractivity contribution in [3.8, 4) is 6.19 Å². The molecule has 5 nitrogen and oxygen atoms in total. The average molecular weight is 344 g/mol. The van der Waals surface area contributed by atoms with Crippen LogP contribution in [0.1, 0.15) is 55.3 Å². The summed E-state index contributed by atoms with van der Waals surface area (Å²) in [5, 5.41) is 14.9. The number of nitrogens with one attached hydrogen (secondary N) is 2. The number of nitriles is 1. The van der Waals surface area contributed by atoms with E-state index in [-0.39, 0.29) is 11.9 Å². The summed E-state index contributed by atoms with van der Waals surface area (Å²) in [6.07, 6.45) is 12.0. The van der Waals surface area contributed by atoms with Crippen molar-refractivity contribution in [2.75, 3.05) is 6.26 Å². The molecular weight excluding hydrogens is 320 g/mol. The molecule has 1 fully saturated rings. The average Bonchev–Trinajstić information content (AvgIpc) is 2.57. The van der Waals surface area contributed by atoms with Gasteiger partial charge in [-0.25, -0.2) is 4.99 Å². The second kappa shape index (κ2) is 9.99. The summed E-state index contributed by atoms with van der Waals surface area (Å²) in [4.78, 5) is 17.1. The SMILES string of the molecule is CSC(=Nc1ccccc1C(=O)NC1CCCCCCC1)NC#N. The monoisotopic (exact) mass is 344 g/mol. The van der Waals surface area contributed by atoms with Gasteiger partial charge in [0.2, 0.25) is 0 Å². The molecule has 0 unspecified atom stereocenters. The Morgan fingerprint density at radius 1 is 1.21 bits per heavy atom. The highest BCUT2D eigenvalue weighted by molar-refractivity contribution is 8.13. The van der Waals surface area contributed by atoms with E-state index in [1.54, 1.807) is 12.1 Å². The van der Waals surface area contributed by atoms with Crippen molar-refractivity contribution in [2.24, 2.45) is 4.99 Å². The minimum atomic E-state index is -0.0858. The first-order valence-electron chi connectivity index (χ1n) is 8.42. The molecule has 0 aliphatic heterocycles. The lowest BCUT2D eigenvalue weighted by molar-refractivity contribution is 0.0931. The van der Waals surface area contributed by atoms with E-state index in [1.165, 1.54) is 43.9 Å². The largest absolute Gasteiger partial charge is 0.349 e. The van der Waals surface area contributed by atoms with Gasteiger partial charge < -0.3 is 5.32 Å². The van der Waals surface area contributed by atoms with E-state index in [0.29, 0.717) is 16.4 Å². The fourth-order valence-electron chi connectivity index (χ4n) is 2.91. The standard InChI is InChI=1S/C18H24N4OS/c1-24-18(20-13-19)22-16-12-8-7-11-15(16)17(23)21-14-9-5-3-2-4-6-10-14/h7-8,11-12,14H,2-6,9-10H2,1H3,(H,20,22)(H,21,23). The number of amides is 1. The topological polar surface area (TPSA) is 77.3 Å². The van der Waals surface area contributed by atoms with Crippen LogP contribution in [-0.2, 0) is 0 Å². The number of carbonyl (C=O) groups is 1. The first-order chi connectivity index (χ1) is 11.7. The lowest BCUT2D eigenvalue weighted by atomic mass is 9.96. The first-order valence-corrected chi connectivity index (χ1v) is 9.64. The maximum Gasteiger partial charge on any atom is 0.253 e. The molecule has 0 bridgehead atoms. The van der Waals surface area contributed by atoms with E-state index in [0.717, 1.165) is 12.8 Å². The number of aliphatic imine (C=N–C) groups is 1. The molecule has 1 aromatic rings. The zero-order valence-electron chi connectivity index (χ0n) is 14.0. The molecule has 0 saturated heterocycles. The van der Waals surface area contributed by atoms with Crippen LogP contribution in [-0.4, -0.2) is 23.4 Å². The molecule has 1 aromatic carbocycles. The predicted molar refractivity (Wildman–Crippen MR) is 99.4 cm³/mol. The molecule has 1 amide bonds. The number of hydrogen-bond donors (Lipinski definition) is 2. The van der Waals surface area contributed by atoms with Crippen molar-refractivity contribution >= 4 is 28.5 Å². The van der Waals surface area contributed by atoms with Crippen LogP contribution < -0.4 is 10.6 Å². The van der Waals surface area contributed by atoms with E-state index < -0.39 is 0 Å². The van der Waals surface area contributed by atoms with Crippen LogP contribution in [0.2, 0.25) is 0 Å². The van der Waals surface area contributed by atoms with Crippen molar-refractivity contribution in [2.45, 2.75) is 51.0 Å². The van der Waals surface area contributed by atoms with Crippen molar-refractivity contribution in [3.63, 3.8) is 0 Å². The lowest BCUT2D eigenvalue weighted by Gasteiger charge is -2.21. The summed E-state index contributed by atoms with van der Waals surface area (Å²) in [6, 6.07) is 7.49. The number of amidine groups is 1. The minimum absolute atomic E-state index is 0.0858. The van der Waals surface area contributed by atoms with Crippen LogP contribution >= 0.6 is 11.8 Å². The van der Waals surface area contributed by atoms with Gasteiger partial charge in [0.05, 0.1) is 11.3 Å². The fraction of sp³-hybridized carbons (Fsp3) is 0.500. The zero-order valence-corrected chi connectivity index (χ0v) is 14.9. The van der Waals surface area contributed by atoms with Crippen LogP contribution in [0.4, 0.5) is 5.69 Å². The van der Waals surface area contributed by atoms with Gasteiger partial charge in [-0.15, -0.1) is 0 Å². The zero-order chi connectivity index (χ0) is 17.2. The third kappa shape index (κ3) is 5.57. The number of carbonyl (C=O) groups excluding carboxylic acids is 1. The number of hydrogen-bond acceptors (Lipinski definition) is 4. The van der Waals surface area contributed by atoms with Gasteiger partial charge in [0, 0.05) is 6.04 Å². The quantitative estimate of drug-likeness (QED) is 0.377. The number of benzene rings is 1. The normalized spacial score (nSPS) is 16.6. The van der Waals surface area contributed by atoms with Crippen molar-refractivity contribution in [1.82, 2.24) is 10.6 Å². The summed E-state index contributed by atoms with van der Waals surface area (Å²) in [7, 11) is 0. The van der Waals surface area contributed by atoms with Gasteiger partial charge in [-0.05, 0) is 31.2 Å². The Morgan fingerprint density at radius 2 is 1.88 bits per heavy atom. The van der Waals surface area contributed by atoms with Crippen molar-refractivity contribution in [1.29, 1.82) is 5.26 Å². The Balaban J connectivity index is 2.12. The Hall–Kier alpha value is -2.00. The number of nitrogens with zero attached hydrogens (tertiary/aromatic N) is 2. The lowest BCUT2D eigenvalue weighted by Crippen LogP contribution is -2.35. The summed E-state index contributed by atoms with van der Waals surface area (Å²) in [5.41, 5.74) is 1.12. The summed E-state index contributed by atoms with van der Waals surface area (Å²) in [5.74, 6) is -0.0858.